The average molecular weight is 253 g/mol. The molecule has 1 aromatic heterocycles. The van der Waals surface area contributed by atoms with Crippen LogP contribution in [0.25, 0.3) is 0 Å². The first-order chi connectivity index (χ1) is 8.35. The smallest absolute Gasteiger partial charge is 0.309 e. The lowest BCUT2D eigenvalue weighted by atomic mass is 10.2. The molecule has 1 rings (SSSR count). The van der Waals surface area contributed by atoms with E-state index in [0.29, 0.717) is 25.1 Å². The third-order valence-corrected chi connectivity index (χ3v) is 2.11. The second kappa shape index (κ2) is 5.66. The first-order valence-electron chi connectivity index (χ1n) is 5.84. The number of carbonyl (C=O) groups excluding carboxylic acids is 1. The van der Waals surface area contributed by atoms with Crippen molar-refractivity contribution >= 4 is 12.0 Å². The van der Waals surface area contributed by atoms with E-state index in [2.05, 4.69) is 4.98 Å². The fourth-order valence-electron chi connectivity index (χ4n) is 1.36. The Hall–Kier alpha value is -1.85. The van der Waals surface area contributed by atoms with Gasteiger partial charge in [-0.2, -0.15) is 0 Å². The van der Waals surface area contributed by atoms with Crippen LogP contribution in [0.3, 0.4) is 0 Å². The van der Waals surface area contributed by atoms with Crippen molar-refractivity contribution < 1.29 is 9.63 Å². The highest BCUT2D eigenvalue weighted by Crippen LogP contribution is 2.06. The second-order valence-electron chi connectivity index (χ2n) is 4.99. The van der Waals surface area contributed by atoms with Gasteiger partial charge in [0.2, 0.25) is 0 Å². The molecule has 0 fully saturated rings. The quantitative estimate of drug-likeness (QED) is 0.612. The Kier molecular flexibility index (Phi) is 4.47. The fraction of sp³-hybridized carbons (Fsp3) is 0.583. The number of hydrogen-bond acceptors (Lipinski definition) is 5. The summed E-state index contributed by atoms with van der Waals surface area (Å²) in [5.41, 5.74) is 4.63. The number of nitrogens with two attached hydrogens (primary N) is 1. The molecule has 2 N–H and O–H groups in total. The molecule has 6 nitrogen and oxygen atoms in total. The first kappa shape index (κ1) is 14.2. The van der Waals surface area contributed by atoms with E-state index < -0.39 is 11.2 Å². The molecule has 18 heavy (non-hydrogen) atoms. The number of anilines is 1. The summed E-state index contributed by atoms with van der Waals surface area (Å²) in [6.07, 6.45) is 3.69. The highest BCUT2D eigenvalue weighted by atomic mass is 16.7. The lowest BCUT2D eigenvalue weighted by molar-refractivity contribution is -0.107. The van der Waals surface area contributed by atoms with Crippen LogP contribution in [0.1, 0.15) is 39.4 Å². The molecule has 100 valence electrons. The van der Waals surface area contributed by atoms with Gasteiger partial charge in [0.05, 0.1) is 6.20 Å². The lowest BCUT2D eigenvalue weighted by Crippen LogP contribution is -2.41. The SMILES string of the molecule is CC(C)(C)On1c(CCCC=O)ncc(N)c1=O. The number of aryl methyl sites for hydroxylation is 1. The Morgan fingerprint density at radius 2 is 2.17 bits per heavy atom. The molecule has 1 heterocycles. The summed E-state index contributed by atoms with van der Waals surface area (Å²) in [6.45, 7) is 5.49. The normalized spacial score (nSPS) is 11.3. The number of unbranched alkanes of at least 4 members (excludes halogenated alkanes) is 1. The Labute approximate surface area is 106 Å². The van der Waals surface area contributed by atoms with Gasteiger partial charge in [-0.1, -0.05) is 0 Å². The Morgan fingerprint density at radius 1 is 1.50 bits per heavy atom. The maximum absolute atomic E-state index is 11.9. The number of aromatic nitrogens is 2. The minimum Gasteiger partial charge on any atom is -0.403 e. The van der Waals surface area contributed by atoms with Crippen LogP contribution in [-0.4, -0.2) is 21.6 Å². The standard InChI is InChI=1S/C12H19N3O3/c1-12(2,3)18-15-10(6-4-5-7-16)14-8-9(13)11(15)17/h7-8H,4-6,13H2,1-3H3. The number of hydrogen-bond donors (Lipinski definition) is 1. The molecule has 0 spiro atoms. The highest BCUT2D eigenvalue weighted by Gasteiger charge is 2.17. The van der Waals surface area contributed by atoms with Crippen molar-refractivity contribution in [2.75, 3.05) is 5.73 Å². The van der Waals surface area contributed by atoms with Crippen LogP contribution in [0, 0.1) is 0 Å². The molecule has 0 radical (unpaired) electrons. The van der Waals surface area contributed by atoms with Gasteiger partial charge in [-0.3, -0.25) is 4.79 Å². The first-order valence-corrected chi connectivity index (χ1v) is 5.84. The summed E-state index contributed by atoms with van der Waals surface area (Å²) in [6, 6.07) is 0. The van der Waals surface area contributed by atoms with Gasteiger partial charge in [0.25, 0.3) is 0 Å². The summed E-state index contributed by atoms with van der Waals surface area (Å²) in [7, 11) is 0. The molecule has 0 bridgehead atoms. The summed E-state index contributed by atoms with van der Waals surface area (Å²) >= 11 is 0. The van der Waals surface area contributed by atoms with E-state index in [4.69, 9.17) is 10.6 Å². The van der Waals surface area contributed by atoms with Crippen LogP contribution in [0.4, 0.5) is 5.69 Å². The largest absolute Gasteiger partial charge is 0.403 e. The number of rotatable bonds is 5. The molecule has 0 saturated carbocycles. The van der Waals surface area contributed by atoms with Crippen LogP contribution in [0.5, 0.6) is 0 Å². The topological polar surface area (TPSA) is 87.2 Å². The molecule has 0 amide bonds. The second-order valence-corrected chi connectivity index (χ2v) is 4.99. The third-order valence-electron chi connectivity index (χ3n) is 2.11. The molecule has 0 aromatic carbocycles. The Balaban J connectivity index is 3.05. The van der Waals surface area contributed by atoms with E-state index in [-0.39, 0.29) is 5.69 Å². The molecule has 0 atom stereocenters. The van der Waals surface area contributed by atoms with Crippen molar-refractivity contribution in [2.45, 2.75) is 45.6 Å². The molecule has 1 aromatic rings. The molecule has 0 saturated heterocycles. The predicted octanol–water partition coefficient (Wildman–Crippen LogP) is 0.574. The van der Waals surface area contributed by atoms with Gasteiger partial charge in [0, 0.05) is 12.8 Å². The van der Waals surface area contributed by atoms with Crippen molar-refractivity contribution in [3.05, 3.63) is 22.4 Å². The van der Waals surface area contributed by atoms with E-state index in [1.165, 1.54) is 6.20 Å². The van der Waals surface area contributed by atoms with E-state index in [9.17, 15) is 9.59 Å². The lowest BCUT2D eigenvalue weighted by Gasteiger charge is -2.23. The van der Waals surface area contributed by atoms with Gasteiger partial charge in [-0.05, 0) is 27.2 Å². The number of nitrogen functional groups attached to an aromatic ring is 1. The monoisotopic (exact) mass is 253 g/mol. The van der Waals surface area contributed by atoms with Crippen LogP contribution in [0.15, 0.2) is 11.0 Å². The molecule has 0 aliphatic rings. The number of aldehydes is 1. The predicted molar refractivity (Wildman–Crippen MR) is 68.2 cm³/mol. The number of carbonyl (C=O) groups is 1. The van der Waals surface area contributed by atoms with Gasteiger partial charge >= 0.3 is 5.56 Å². The van der Waals surface area contributed by atoms with Crippen molar-refractivity contribution in [1.29, 1.82) is 0 Å². The molecular formula is C12H19N3O3. The summed E-state index contributed by atoms with van der Waals surface area (Å²) < 4.78 is 1.13. The minimum absolute atomic E-state index is 0.0402. The van der Waals surface area contributed by atoms with E-state index in [1.54, 1.807) is 0 Å². The average Bonchev–Trinajstić information content (AvgIpc) is 2.26. The molecular weight excluding hydrogens is 234 g/mol. The van der Waals surface area contributed by atoms with Crippen molar-refractivity contribution in [3.8, 4) is 0 Å². The maximum Gasteiger partial charge on any atom is 0.309 e. The van der Waals surface area contributed by atoms with Crippen molar-refractivity contribution in [2.24, 2.45) is 0 Å². The zero-order valence-electron chi connectivity index (χ0n) is 11.0. The van der Waals surface area contributed by atoms with Crippen molar-refractivity contribution in [3.63, 3.8) is 0 Å². The van der Waals surface area contributed by atoms with Crippen LogP contribution < -0.4 is 16.1 Å². The third kappa shape index (κ3) is 3.87. The molecule has 0 aliphatic carbocycles. The van der Waals surface area contributed by atoms with Gasteiger partial charge in [-0.15, -0.1) is 4.73 Å². The summed E-state index contributed by atoms with van der Waals surface area (Å²) in [5, 5.41) is 0. The van der Waals surface area contributed by atoms with Crippen LogP contribution in [0.2, 0.25) is 0 Å². The van der Waals surface area contributed by atoms with Gasteiger partial charge in [0.15, 0.2) is 0 Å². The van der Waals surface area contributed by atoms with Gasteiger partial charge < -0.3 is 15.4 Å². The molecule has 0 unspecified atom stereocenters. The zero-order chi connectivity index (χ0) is 13.8. The molecule has 6 heteroatoms. The van der Waals surface area contributed by atoms with E-state index >= 15 is 0 Å². The van der Waals surface area contributed by atoms with Crippen molar-refractivity contribution in [1.82, 2.24) is 9.71 Å². The molecule has 0 aliphatic heterocycles. The summed E-state index contributed by atoms with van der Waals surface area (Å²) in [5.74, 6) is 0.478. The number of nitrogens with zero attached hydrogens (tertiary/aromatic N) is 2. The maximum atomic E-state index is 11.9. The Morgan fingerprint density at radius 3 is 2.72 bits per heavy atom. The van der Waals surface area contributed by atoms with Gasteiger partial charge in [-0.25, -0.2) is 4.98 Å². The zero-order valence-corrected chi connectivity index (χ0v) is 11.0. The summed E-state index contributed by atoms with van der Waals surface area (Å²) in [4.78, 5) is 31.8. The minimum atomic E-state index is -0.529. The van der Waals surface area contributed by atoms with Crippen LogP contribution in [-0.2, 0) is 11.2 Å². The van der Waals surface area contributed by atoms with E-state index in [0.717, 1.165) is 11.0 Å². The highest BCUT2D eigenvalue weighted by molar-refractivity contribution is 5.49. The van der Waals surface area contributed by atoms with Gasteiger partial charge in [0.1, 0.15) is 23.4 Å². The van der Waals surface area contributed by atoms with Crippen LogP contribution >= 0.6 is 0 Å². The Bertz CT molecular complexity index is 474. The van der Waals surface area contributed by atoms with E-state index in [1.807, 2.05) is 20.8 Å². The fourth-order valence-corrected chi connectivity index (χ4v) is 1.36.